The van der Waals surface area contributed by atoms with Crippen molar-refractivity contribution < 1.29 is 23.5 Å². The van der Waals surface area contributed by atoms with Gasteiger partial charge in [0.25, 0.3) is 0 Å². The number of amides is 1. The van der Waals surface area contributed by atoms with Crippen molar-refractivity contribution in [2.75, 3.05) is 27.2 Å². The van der Waals surface area contributed by atoms with E-state index in [4.69, 9.17) is 9.15 Å². The third kappa shape index (κ3) is 3.01. The number of carbonyl (C=O) groups excluding carboxylic acids is 1. The van der Waals surface area contributed by atoms with Crippen molar-refractivity contribution >= 4 is 12.0 Å². The molecule has 3 aliphatic carbocycles. The molecule has 1 unspecified atom stereocenters. The zero-order valence-electron chi connectivity index (χ0n) is 20.6. The first kappa shape index (κ1) is 21.5. The highest BCUT2D eigenvalue weighted by Crippen LogP contribution is 2.65. The number of quaternary nitrogens is 1. The zero-order valence-corrected chi connectivity index (χ0v) is 20.6. The normalized spacial score (nSPS) is 36.6. The molecule has 2 aliphatic heterocycles. The monoisotopic (exact) mass is 474 g/mol. The fraction of sp³-hybridized carbons (Fsp3) is 0.552. The van der Waals surface area contributed by atoms with Crippen molar-refractivity contribution in [1.82, 2.24) is 4.90 Å². The number of nitrogens with zero attached hydrogens (tertiary/aromatic N) is 2. The maximum Gasteiger partial charge on any atom is 0.246 e. The number of piperidine rings is 1. The van der Waals surface area contributed by atoms with E-state index in [0.717, 1.165) is 48.2 Å². The van der Waals surface area contributed by atoms with Crippen molar-refractivity contribution in [1.29, 1.82) is 0 Å². The van der Waals surface area contributed by atoms with E-state index < -0.39 is 0 Å². The Kier molecular flexibility index (Phi) is 4.55. The molecule has 7 rings (SSSR count). The minimum Gasteiger partial charge on any atom is -0.870 e. The second-order valence-electron chi connectivity index (χ2n) is 11.9. The lowest BCUT2D eigenvalue weighted by Gasteiger charge is -2.62. The van der Waals surface area contributed by atoms with Crippen LogP contribution in [0.15, 0.2) is 41.2 Å². The number of hydrogen-bond donors (Lipinski definition) is 0. The number of ether oxygens (including phenoxy) is 1. The smallest absolute Gasteiger partial charge is 0.246 e. The van der Waals surface area contributed by atoms with E-state index in [1.807, 2.05) is 18.0 Å². The van der Waals surface area contributed by atoms with Crippen LogP contribution >= 0.6 is 0 Å². The quantitative estimate of drug-likeness (QED) is 0.492. The Morgan fingerprint density at radius 1 is 1.26 bits per heavy atom. The number of hydrogen-bond acceptors (Lipinski definition) is 4. The Bertz CT molecular complexity index is 1200. The van der Waals surface area contributed by atoms with Crippen LogP contribution in [0.5, 0.6) is 11.5 Å². The number of furan rings is 1. The van der Waals surface area contributed by atoms with E-state index in [1.54, 1.807) is 30.7 Å². The largest absolute Gasteiger partial charge is 0.870 e. The molecule has 184 valence electrons. The number of rotatable bonds is 5. The van der Waals surface area contributed by atoms with Crippen molar-refractivity contribution in [2.45, 2.75) is 62.1 Å². The summed E-state index contributed by atoms with van der Waals surface area (Å²) in [5.41, 5.74) is 3.24. The first-order chi connectivity index (χ1) is 16.9. The maximum absolute atomic E-state index is 13.2. The van der Waals surface area contributed by atoms with Crippen LogP contribution in [-0.4, -0.2) is 60.7 Å². The molecule has 35 heavy (non-hydrogen) atoms. The predicted molar refractivity (Wildman–Crippen MR) is 130 cm³/mol. The molecule has 2 saturated carbocycles. The summed E-state index contributed by atoms with van der Waals surface area (Å²) in [5.74, 6) is 1.93. The lowest BCUT2D eigenvalue weighted by Crippen LogP contribution is -2.73. The fourth-order valence-corrected chi connectivity index (χ4v) is 8.30. The molecule has 1 aromatic carbocycles. The van der Waals surface area contributed by atoms with Crippen LogP contribution in [0, 0.1) is 11.8 Å². The van der Waals surface area contributed by atoms with Gasteiger partial charge in [0.2, 0.25) is 5.91 Å². The van der Waals surface area contributed by atoms with Gasteiger partial charge in [-0.15, -0.1) is 0 Å². The highest BCUT2D eigenvalue weighted by molar-refractivity contribution is 5.91. The van der Waals surface area contributed by atoms with E-state index in [9.17, 15) is 9.90 Å². The average Bonchev–Trinajstić information content (AvgIpc) is 3.36. The minimum atomic E-state index is -0.154. The van der Waals surface area contributed by atoms with Crippen LogP contribution in [0.25, 0.3) is 6.08 Å². The highest BCUT2D eigenvalue weighted by Gasteiger charge is 2.69. The van der Waals surface area contributed by atoms with Crippen molar-refractivity contribution in [3.05, 3.63) is 53.5 Å². The second kappa shape index (κ2) is 7.39. The summed E-state index contributed by atoms with van der Waals surface area (Å²) in [6.45, 7) is 2.41. The van der Waals surface area contributed by atoms with Crippen LogP contribution in [-0.2, 0) is 16.6 Å². The Balaban J connectivity index is 1.26. The van der Waals surface area contributed by atoms with Gasteiger partial charge < -0.3 is 23.6 Å². The van der Waals surface area contributed by atoms with Crippen LogP contribution in [0.1, 0.15) is 48.8 Å². The molecule has 1 aromatic heterocycles. The minimum absolute atomic E-state index is 0.00175. The van der Waals surface area contributed by atoms with E-state index in [-0.39, 0.29) is 29.2 Å². The summed E-state index contributed by atoms with van der Waals surface area (Å²) >= 11 is 0. The summed E-state index contributed by atoms with van der Waals surface area (Å²) in [7, 11) is 4.38. The van der Waals surface area contributed by atoms with Gasteiger partial charge in [0.15, 0.2) is 0 Å². The summed E-state index contributed by atoms with van der Waals surface area (Å²) in [6, 6.07) is 6.14. The molecule has 0 N–H and O–H groups in total. The third-order valence-corrected chi connectivity index (χ3v) is 10.1. The van der Waals surface area contributed by atoms with Gasteiger partial charge >= 0.3 is 0 Å². The van der Waals surface area contributed by atoms with Crippen LogP contribution in [0.3, 0.4) is 0 Å². The molecule has 5 aliphatic rings. The SMILES string of the molecule is CN(C(=O)/C=C/c1ccoc1)[C@H]1CC[C@@H]2[C@H]3Cc4ccc([O-])c5c4[C@@]2(CC[N@+]3(C)CC2CC2)C1O5. The van der Waals surface area contributed by atoms with Gasteiger partial charge in [0.1, 0.15) is 11.9 Å². The molecule has 6 heteroatoms. The molecular formula is C29H34N2O4. The summed E-state index contributed by atoms with van der Waals surface area (Å²) in [4.78, 5) is 15.1. The van der Waals surface area contributed by atoms with Crippen LogP contribution < -0.4 is 9.84 Å². The Morgan fingerprint density at radius 2 is 2.11 bits per heavy atom. The molecule has 3 heterocycles. The molecular weight excluding hydrogens is 440 g/mol. The van der Waals surface area contributed by atoms with Gasteiger partial charge in [-0.2, -0.15) is 0 Å². The second-order valence-corrected chi connectivity index (χ2v) is 11.9. The van der Waals surface area contributed by atoms with Gasteiger partial charge in [0.05, 0.1) is 50.2 Å². The predicted octanol–water partition coefficient (Wildman–Crippen LogP) is 3.49. The Labute approximate surface area is 206 Å². The van der Waals surface area contributed by atoms with Gasteiger partial charge in [-0.05, 0) is 43.4 Å². The first-order valence-electron chi connectivity index (χ1n) is 13.2. The average molecular weight is 475 g/mol. The fourth-order valence-electron chi connectivity index (χ4n) is 8.30. The Hall–Kier alpha value is -2.73. The Morgan fingerprint density at radius 3 is 2.89 bits per heavy atom. The molecule has 2 bridgehead atoms. The molecule has 1 amide bonds. The van der Waals surface area contributed by atoms with Gasteiger partial charge in [0, 0.05) is 48.9 Å². The van der Waals surface area contributed by atoms with Crippen LogP contribution in [0.4, 0.5) is 0 Å². The third-order valence-electron chi connectivity index (χ3n) is 10.1. The maximum atomic E-state index is 13.2. The van der Waals surface area contributed by atoms with E-state index in [0.29, 0.717) is 17.7 Å². The standard InChI is InChI=1S/C29H34N2O4/c1-30(25(33)10-5-19-11-14-34-17-19)22-8-7-21-23-15-20-6-9-24(32)27-26(20)29(21,28(22)35-27)12-13-31(23,2)16-18-3-4-18/h5-6,9-11,14,17-18,21-23,28H,3-4,7-8,12-13,15-16H2,1-2H3/b10-5+/t21-,22+,23-,28?,29+,31-/m1/s1. The molecule has 1 saturated heterocycles. The number of carbonyl (C=O) groups is 1. The molecule has 3 fully saturated rings. The zero-order chi connectivity index (χ0) is 23.9. The van der Waals surface area contributed by atoms with Gasteiger partial charge in [-0.1, -0.05) is 17.9 Å². The van der Waals surface area contributed by atoms with Crippen molar-refractivity contribution in [3.63, 3.8) is 0 Å². The number of benzene rings is 1. The van der Waals surface area contributed by atoms with Gasteiger partial charge in [-0.25, -0.2) is 0 Å². The topological polar surface area (TPSA) is 65.7 Å². The summed E-state index contributed by atoms with van der Waals surface area (Å²) in [6.07, 6.45) is 13.3. The molecule has 1 spiro atoms. The van der Waals surface area contributed by atoms with Crippen molar-refractivity contribution in [3.8, 4) is 11.5 Å². The summed E-state index contributed by atoms with van der Waals surface area (Å²) in [5, 5.41) is 13.0. The lowest BCUT2D eigenvalue weighted by molar-refractivity contribution is -0.946. The van der Waals surface area contributed by atoms with Gasteiger partial charge in [-0.3, -0.25) is 4.79 Å². The lowest BCUT2D eigenvalue weighted by atomic mass is 9.50. The molecule has 6 nitrogen and oxygen atoms in total. The van der Waals surface area contributed by atoms with Crippen LogP contribution in [0.2, 0.25) is 0 Å². The van der Waals surface area contributed by atoms with E-state index in [1.165, 1.54) is 30.5 Å². The van der Waals surface area contributed by atoms with E-state index >= 15 is 0 Å². The number of likely N-dealkylation sites (tertiary alicyclic amines) is 1. The summed E-state index contributed by atoms with van der Waals surface area (Å²) < 4.78 is 12.9. The molecule has 6 atom stereocenters. The molecule has 2 aromatic rings. The number of likely N-dealkylation sites (N-methyl/N-ethyl adjacent to an activating group) is 2. The van der Waals surface area contributed by atoms with E-state index in [2.05, 4.69) is 13.1 Å². The first-order valence-corrected chi connectivity index (χ1v) is 13.2. The van der Waals surface area contributed by atoms with Crippen molar-refractivity contribution in [2.24, 2.45) is 11.8 Å². The molecule has 0 radical (unpaired) electrons. The highest BCUT2D eigenvalue weighted by atomic mass is 16.5.